The second-order valence-electron chi connectivity index (χ2n) is 6.13. The summed E-state index contributed by atoms with van der Waals surface area (Å²) in [5.41, 5.74) is 2.20. The number of aliphatic hydroxyl groups excluding tert-OH is 1. The minimum Gasteiger partial charge on any atom is -0.390 e. The van der Waals surface area contributed by atoms with Crippen molar-refractivity contribution in [1.29, 1.82) is 0 Å². The van der Waals surface area contributed by atoms with Gasteiger partial charge in [-0.05, 0) is 23.0 Å². The molecule has 0 radical (unpaired) electrons. The van der Waals surface area contributed by atoms with E-state index in [-0.39, 0.29) is 11.9 Å². The van der Waals surface area contributed by atoms with Gasteiger partial charge in [-0.1, -0.05) is 51.5 Å². The van der Waals surface area contributed by atoms with Crippen molar-refractivity contribution in [3.63, 3.8) is 0 Å². The Morgan fingerprint density at radius 3 is 2.75 bits per heavy atom. The van der Waals surface area contributed by atoms with Gasteiger partial charge in [-0.25, -0.2) is 0 Å². The summed E-state index contributed by atoms with van der Waals surface area (Å²) in [5.74, 6) is 0.960. The average Bonchev–Trinajstić information content (AvgIpc) is 2.72. The van der Waals surface area contributed by atoms with Crippen LogP contribution in [0.15, 0.2) is 24.3 Å². The SMILES string of the molecule is CCC(CC(=O)NC1c2ccccc2CC1O)C(C)C. The van der Waals surface area contributed by atoms with E-state index in [0.717, 1.165) is 17.5 Å². The molecular weight excluding hydrogens is 250 g/mol. The summed E-state index contributed by atoms with van der Waals surface area (Å²) in [6.07, 6.45) is 1.67. The molecule has 20 heavy (non-hydrogen) atoms. The highest BCUT2D eigenvalue weighted by Gasteiger charge is 2.32. The number of benzene rings is 1. The van der Waals surface area contributed by atoms with E-state index in [2.05, 4.69) is 26.1 Å². The maximum atomic E-state index is 12.2. The molecule has 3 nitrogen and oxygen atoms in total. The quantitative estimate of drug-likeness (QED) is 0.868. The molecule has 0 heterocycles. The monoisotopic (exact) mass is 275 g/mol. The van der Waals surface area contributed by atoms with Gasteiger partial charge in [0.1, 0.15) is 0 Å². The fourth-order valence-electron chi connectivity index (χ4n) is 3.07. The number of nitrogens with one attached hydrogen (secondary N) is 1. The molecule has 2 rings (SSSR count). The van der Waals surface area contributed by atoms with Crippen molar-refractivity contribution in [3.05, 3.63) is 35.4 Å². The standard InChI is InChI=1S/C17H25NO2/c1-4-12(11(2)3)10-16(20)18-17-14-8-6-5-7-13(14)9-15(17)19/h5-8,11-12,15,17,19H,4,9-10H2,1-3H3,(H,18,20). The highest BCUT2D eigenvalue weighted by Crippen LogP contribution is 2.31. The molecule has 0 aliphatic heterocycles. The van der Waals surface area contributed by atoms with Crippen LogP contribution in [0.25, 0.3) is 0 Å². The van der Waals surface area contributed by atoms with E-state index in [9.17, 15) is 9.90 Å². The van der Waals surface area contributed by atoms with Crippen LogP contribution in [0.4, 0.5) is 0 Å². The smallest absolute Gasteiger partial charge is 0.220 e. The van der Waals surface area contributed by atoms with Crippen molar-refractivity contribution in [3.8, 4) is 0 Å². The van der Waals surface area contributed by atoms with Gasteiger partial charge < -0.3 is 10.4 Å². The third kappa shape index (κ3) is 3.21. The zero-order chi connectivity index (χ0) is 14.7. The Morgan fingerprint density at radius 1 is 1.40 bits per heavy atom. The van der Waals surface area contributed by atoms with Gasteiger partial charge in [-0.3, -0.25) is 4.79 Å². The van der Waals surface area contributed by atoms with Crippen LogP contribution in [0.1, 0.15) is 50.8 Å². The van der Waals surface area contributed by atoms with E-state index in [1.807, 2.05) is 24.3 Å². The second-order valence-corrected chi connectivity index (χ2v) is 6.13. The van der Waals surface area contributed by atoms with Crippen LogP contribution in [0.5, 0.6) is 0 Å². The molecule has 0 saturated carbocycles. The van der Waals surface area contributed by atoms with Crippen molar-refractivity contribution in [2.24, 2.45) is 11.8 Å². The first-order chi connectivity index (χ1) is 9.52. The molecule has 0 saturated heterocycles. The summed E-state index contributed by atoms with van der Waals surface area (Å²) >= 11 is 0. The van der Waals surface area contributed by atoms with Crippen LogP contribution >= 0.6 is 0 Å². The van der Waals surface area contributed by atoms with Crippen molar-refractivity contribution in [2.75, 3.05) is 0 Å². The Morgan fingerprint density at radius 2 is 2.10 bits per heavy atom. The highest BCUT2D eigenvalue weighted by atomic mass is 16.3. The van der Waals surface area contributed by atoms with E-state index in [4.69, 9.17) is 0 Å². The first-order valence-electron chi connectivity index (χ1n) is 7.58. The van der Waals surface area contributed by atoms with Crippen molar-refractivity contribution in [1.82, 2.24) is 5.32 Å². The molecule has 110 valence electrons. The van der Waals surface area contributed by atoms with Crippen LogP contribution in [-0.4, -0.2) is 17.1 Å². The lowest BCUT2D eigenvalue weighted by Crippen LogP contribution is -2.35. The number of rotatable bonds is 5. The summed E-state index contributed by atoms with van der Waals surface area (Å²) in [6.45, 7) is 6.43. The lowest BCUT2D eigenvalue weighted by Gasteiger charge is -2.22. The Bertz CT molecular complexity index is 470. The van der Waals surface area contributed by atoms with Crippen LogP contribution in [0.2, 0.25) is 0 Å². The lowest BCUT2D eigenvalue weighted by molar-refractivity contribution is -0.123. The maximum Gasteiger partial charge on any atom is 0.220 e. The first-order valence-corrected chi connectivity index (χ1v) is 7.58. The highest BCUT2D eigenvalue weighted by molar-refractivity contribution is 5.77. The molecular formula is C17H25NO2. The van der Waals surface area contributed by atoms with Gasteiger partial charge >= 0.3 is 0 Å². The van der Waals surface area contributed by atoms with E-state index < -0.39 is 6.10 Å². The maximum absolute atomic E-state index is 12.2. The molecule has 1 amide bonds. The second kappa shape index (κ2) is 6.40. The molecule has 3 atom stereocenters. The molecule has 2 N–H and O–H groups in total. The number of hydrogen-bond acceptors (Lipinski definition) is 2. The number of carbonyl (C=O) groups excluding carboxylic acids is 1. The Balaban J connectivity index is 2.01. The number of fused-ring (bicyclic) bond motifs is 1. The van der Waals surface area contributed by atoms with Gasteiger partial charge in [0.2, 0.25) is 5.91 Å². The zero-order valence-electron chi connectivity index (χ0n) is 12.6. The molecule has 0 fully saturated rings. The molecule has 1 aliphatic rings. The van der Waals surface area contributed by atoms with Crippen molar-refractivity contribution in [2.45, 2.75) is 52.2 Å². The van der Waals surface area contributed by atoms with Gasteiger partial charge in [-0.15, -0.1) is 0 Å². The largest absolute Gasteiger partial charge is 0.390 e. The van der Waals surface area contributed by atoms with Crippen LogP contribution in [-0.2, 0) is 11.2 Å². The van der Waals surface area contributed by atoms with Crippen LogP contribution in [0.3, 0.4) is 0 Å². The fraction of sp³-hybridized carbons (Fsp3) is 0.588. The summed E-state index contributed by atoms with van der Waals surface area (Å²) < 4.78 is 0. The summed E-state index contributed by atoms with van der Waals surface area (Å²) in [7, 11) is 0. The molecule has 1 aromatic carbocycles. The predicted octanol–water partition coefficient (Wildman–Crippen LogP) is 2.83. The molecule has 1 aliphatic carbocycles. The third-order valence-corrected chi connectivity index (χ3v) is 4.44. The molecule has 0 spiro atoms. The minimum absolute atomic E-state index is 0.0475. The van der Waals surface area contributed by atoms with Crippen molar-refractivity contribution >= 4 is 5.91 Å². The predicted molar refractivity (Wildman–Crippen MR) is 80.3 cm³/mol. The van der Waals surface area contributed by atoms with Crippen LogP contribution in [0, 0.1) is 11.8 Å². The summed E-state index contributed by atoms with van der Waals surface area (Å²) in [4.78, 5) is 12.2. The molecule has 0 bridgehead atoms. The van der Waals surface area contributed by atoms with Gasteiger partial charge in [-0.2, -0.15) is 0 Å². The van der Waals surface area contributed by atoms with Crippen LogP contribution < -0.4 is 5.32 Å². The lowest BCUT2D eigenvalue weighted by atomic mass is 9.90. The molecule has 0 aromatic heterocycles. The van der Waals surface area contributed by atoms with E-state index in [1.54, 1.807) is 0 Å². The zero-order valence-corrected chi connectivity index (χ0v) is 12.6. The number of carbonyl (C=O) groups is 1. The van der Waals surface area contributed by atoms with E-state index in [1.165, 1.54) is 0 Å². The normalized spacial score (nSPS) is 22.6. The van der Waals surface area contributed by atoms with Gasteiger partial charge in [0.05, 0.1) is 12.1 Å². The number of aliphatic hydroxyl groups is 1. The average molecular weight is 275 g/mol. The van der Waals surface area contributed by atoms with Crippen molar-refractivity contribution < 1.29 is 9.90 Å². The first kappa shape index (κ1) is 15.0. The van der Waals surface area contributed by atoms with E-state index in [0.29, 0.717) is 24.7 Å². The Kier molecular flexibility index (Phi) is 4.81. The van der Waals surface area contributed by atoms with Gasteiger partial charge in [0, 0.05) is 12.8 Å². The van der Waals surface area contributed by atoms with Gasteiger partial charge in [0.15, 0.2) is 0 Å². The molecule has 1 aromatic rings. The number of amides is 1. The Hall–Kier alpha value is -1.35. The summed E-state index contributed by atoms with van der Waals surface area (Å²) in [5, 5.41) is 13.2. The Labute approximate surface area is 121 Å². The number of hydrogen-bond donors (Lipinski definition) is 2. The fourth-order valence-corrected chi connectivity index (χ4v) is 3.07. The molecule has 3 heteroatoms. The van der Waals surface area contributed by atoms with E-state index >= 15 is 0 Å². The third-order valence-electron chi connectivity index (χ3n) is 4.44. The van der Waals surface area contributed by atoms with Gasteiger partial charge in [0.25, 0.3) is 0 Å². The molecule has 3 unspecified atom stereocenters. The topological polar surface area (TPSA) is 49.3 Å². The minimum atomic E-state index is -0.504. The summed E-state index contributed by atoms with van der Waals surface area (Å²) in [6, 6.07) is 7.70.